The van der Waals surface area contributed by atoms with E-state index in [1.165, 1.54) is 6.08 Å². The summed E-state index contributed by atoms with van der Waals surface area (Å²) in [6.45, 7) is 2.69. The number of carbonyl (C=O) groups excluding carboxylic acids is 1. The monoisotopic (exact) mass is 307 g/mol. The Hall–Kier alpha value is -3.06. The summed E-state index contributed by atoms with van der Waals surface area (Å²) in [6.07, 6.45) is 3.06. The molecule has 0 unspecified atom stereocenters. The van der Waals surface area contributed by atoms with Gasteiger partial charge in [-0.05, 0) is 48.4 Å². The molecule has 0 heterocycles. The van der Waals surface area contributed by atoms with Crippen LogP contribution in [0.15, 0.2) is 54.6 Å². The second-order valence-corrected chi connectivity index (χ2v) is 4.76. The lowest BCUT2D eigenvalue weighted by atomic mass is 10.1. The maximum absolute atomic E-state index is 11.7. The van der Waals surface area contributed by atoms with Crippen LogP contribution < -0.4 is 4.74 Å². The van der Waals surface area contributed by atoms with Gasteiger partial charge in [0.15, 0.2) is 0 Å². The smallest absolute Gasteiger partial charge is 0.331 e. The third-order valence-corrected chi connectivity index (χ3v) is 3.04. The largest absolute Gasteiger partial charge is 0.494 e. The first kappa shape index (κ1) is 16.3. The summed E-state index contributed by atoms with van der Waals surface area (Å²) in [6, 6.07) is 16.5. The molecule has 4 nitrogen and oxygen atoms in total. The number of rotatable bonds is 6. The molecule has 0 saturated carbocycles. The van der Waals surface area contributed by atoms with Crippen molar-refractivity contribution in [1.82, 2.24) is 0 Å². The van der Waals surface area contributed by atoms with Crippen molar-refractivity contribution in [2.75, 3.05) is 6.61 Å². The maximum Gasteiger partial charge on any atom is 0.331 e. The summed E-state index contributed by atoms with van der Waals surface area (Å²) < 4.78 is 10.5. The number of benzene rings is 2. The van der Waals surface area contributed by atoms with E-state index >= 15 is 0 Å². The minimum Gasteiger partial charge on any atom is -0.494 e. The van der Waals surface area contributed by atoms with Gasteiger partial charge in [-0.3, -0.25) is 0 Å². The van der Waals surface area contributed by atoms with Crippen molar-refractivity contribution in [3.63, 3.8) is 0 Å². The van der Waals surface area contributed by atoms with Crippen LogP contribution in [-0.4, -0.2) is 12.6 Å². The molecular weight excluding hydrogens is 290 g/mol. The van der Waals surface area contributed by atoms with Crippen molar-refractivity contribution in [2.45, 2.75) is 13.5 Å². The molecule has 2 aromatic rings. The lowest BCUT2D eigenvalue weighted by Crippen LogP contribution is -2.00. The van der Waals surface area contributed by atoms with E-state index in [9.17, 15) is 4.79 Å². The van der Waals surface area contributed by atoms with Gasteiger partial charge in [-0.2, -0.15) is 5.26 Å². The van der Waals surface area contributed by atoms with E-state index in [4.69, 9.17) is 14.7 Å². The molecule has 0 atom stereocenters. The molecule has 0 spiro atoms. The van der Waals surface area contributed by atoms with E-state index in [2.05, 4.69) is 6.07 Å². The summed E-state index contributed by atoms with van der Waals surface area (Å²) in [4.78, 5) is 11.7. The fourth-order valence-corrected chi connectivity index (χ4v) is 1.94. The number of nitriles is 1. The third kappa shape index (κ3) is 5.33. The van der Waals surface area contributed by atoms with Crippen LogP contribution in [0.2, 0.25) is 0 Å². The molecule has 4 heteroatoms. The number of hydrogen-bond donors (Lipinski definition) is 0. The van der Waals surface area contributed by atoms with Crippen molar-refractivity contribution in [3.8, 4) is 11.8 Å². The lowest BCUT2D eigenvalue weighted by Gasteiger charge is -2.03. The highest BCUT2D eigenvalue weighted by Gasteiger charge is 2.00. The molecule has 0 aliphatic carbocycles. The Morgan fingerprint density at radius 1 is 1.22 bits per heavy atom. The summed E-state index contributed by atoms with van der Waals surface area (Å²) in [5, 5.41) is 8.83. The fraction of sp³-hybridized carbons (Fsp3) is 0.158. The SMILES string of the molecule is CCOc1ccc(/C=C/C(=O)OCc2cccc(C#N)c2)cc1. The van der Waals surface area contributed by atoms with Gasteiger partial charge >= 0.3 is 5.97 Å². The zero-order valence-electron chi connectivity index (χ0n) is 12.9. The highest BCUT2D eigenvalue weighted by Crippen LogP contribution is 2.13. The van der Waals surface area contributed by atoms with Crippen LogP contribution in [0.5, 0.6) is 5.75 Å². The van der Waals surface area contributed by atoms with Crippen molar-refractivity contribution < 1.29 is 14.3 Å². The fourth-order valence-electron chi connectivity index (χ4n) is 1.94. The van der Waals surface area contributed by atoms with Crippen molar-refractivity contribution in [2.24, 2.45) is 0 Å². The van der Waals surface area contributed by atoms with Gasteiger partial charge in [0.1, 0.15) is 12.4 Å². The van der Waals surface area contributed by atoms with Crippen LogP contribution in [0.25, 0.3) is 6.08 Å². The molecule has 0 saturated heterocycles. The Kier molecular flexibility index (Phi) is 5.96. The minimum absolute atomic E-state index is 0.141. The topological polar surface area (TPSA) is 59.3 Å². The summed E-state index contributed by atoms with van der Waals surface area (Å²) >= 11 is 0. The summed E-state index contributed by atoms with van der Waals surface area (Å²) in [5.74, 6) is 0.367. The molecule has 2 rings (SSSR count). The van der Waals surface area contributed by atoms with E-state index < -0.39 is 5.97 Å². The molecule has 0 aliphatic rings. The standard InChI is InChI=1S/C19H17NO3/c1-2-22-18-9-6-15(7-10-18)8-11-19(21)23-14-17-5-3-4-16(12-17)13-20/h3-12H,2,14H2,1H3/b11-8+. The normalized spacial score (nSPS) is 10.3. The Morgan fingerprint density at radius 3 is 2.70 bits per heavy atom. The van der Waals surface area contributed by atoms with Gasteiger partial charge in [-0.1, -0.05) is 24.3 Å². The quantitative estimate of drug-likeness (QED) is 0.603. The van der Waals surface area contributed by atoms with Crippen molar-refractivity contribution in [1.29, 1.82) is 5.26 Å². The van der Waals surface area contributed by atoms with E-state index in [0.717, 1.165) is 16.9 Å². The van der Waals surface area contributed by atoms with E-state index in [0.29, 0.717) is 12.2 Å². The van der Waals surface area contributed by atoms with Gasteiger partial charge in [0.05, 0.1) is 18.2 Å². The van der Waals surface area contributed by atoms with E-state index in [1.807, 2.05) is 37.3 Å². The molecule has 116 valence electrons. The van der Waals surface area contributed by atoms with Crippen molar-refractivity contribution >= 4 is 12.0 Å². The molecule has 0 radical (unpaired) electrons. The second-order valence-electron chi connectivity index (χ2n) is 4.76. The molecule has 0 fully saturated rings. The highest BCUT2D eigenvalue weighted by molar-refractivity contribution is 5.87. The van der Waals surface area contributed by atoms with Gasteiger partial charge in [-0.25, -0.2) is 4.79 Å². The molecule has 2 aromatic carbocycles. The molecule has 0 bridgehead atoms. The van der Waals surface area contributed by atoms with Crippen LogP contribution in [-0.2, 0) is 16.1 Å². The van der Waals surface area contributed by atoms with Crippen LogP contribution >= 0.6 is 0 Å². The van der Waals surface area contributed by atoms with E-state index in [-0.39, 0.29) is 6.61 Å². The molecular formula is C19H17NO3. The average Bonchev–Trinajstić information content (AvgIpc) is 2.60. The lowest BCUT2D eigenvalue weighted by molar-refractivity contribution is -0.138. The van der Waals surface area contributed by atoms with Gasteiger partial charge in [0.2, 0.25) is 0 Å². The number of ether oxygens (including phenoxy) is 2. The van der Waals surface area contributed by atoms with Crippen LogP contribution in [0.1, 0.15) is 23.6 Å². The predicted molar refractivity (Wildman–Crippen MR) is 87.6 cm³/mol. The second kappa shape index (κ2) is 8.40. The first-order valence-electron chi connectivity index (χ1n) is 7.28. The zero-order valence-corrected chi connectivity index (χ0v) is 12.9. The number of carbonyl (C=O) groups is 1. The van der Waals surface area contributed by atoms with Crippen LogP contribution in [0.4, 0.5) is 0 Å². The van der Waals surface area contributed by atoms with Gasteiger partial charge < -0.3 is 9.47 Å². The Bertz CT molecular complexity index is 727. The number of esters is 1. The maximum atomic E-state index is 11.7. The number of hydrogen-bond acceptors (Lipinski definition) is 4. The molecule has 23 heavy (non-hydrogen) atoms. The molecule has 0 aliphatic heterocycles. The Balaban J connectivity index is 1.87. The molecule has 0 amide bonds. The molecule has 0 N–H and O–H groups in total. The molecule has 0 aromatic heterocycles. The van der Waals surface area contributed by atoms with Gasteiger partial charge in [-0.15, -0.1) is 0 Å². The number of nitrogens with zero attached hydrogens (tertiary/aromatic N) is 1. The first-order chi connectivity index (χ1) is 11.2. The minimum atomic E-state index is -0.429. The van der Waals surface area contributed by atoms with Gasteiger partial charge in [0, 0.05) is 6.08 Å². The van der Waals surface area contributed by atoms with Crippen LogP contribution in [0, 0.1) is 11.3 Å². The van der Waals surface area contributed by atoms with Crippen molar-refractivity contribution in [3.05, 3.63) is 71.3 Å². The Morgan fingerprint density at radius 2 is 2.00 bits per heavy atom. The van der Waals surface area contributed by atoms with E-state index in [1.54, 1.807) is 24.3 Å². The zero-order chi connectivity index (χ0) is 16.5. The van der Waals surface area contributed by atoms with Gasteiger partial charge in [0.25, 0.3) is 0 Å². The first-order valence-corrected chi connectivity index (χ1v) is 7.28. The highest BCUT2D eigenvalue weighted by atomic mass is 16.5. The summed E-state index contributed by atoms with van der Waals surface area (Å²) in [5.41, 5.74) is 2.22. The van der Waals surface area contributed by atoms with Crippen LogP contribution in [0.3, 0.4) is 0 Å². The Labute approximate surface area is 135 Å². The summed E-state index contributed by atoms with van der Waals surface area (Å²) in [7, 11) is 0. The average molecular weight is 307 g/mol. The predicted octanol–water partition coefficient (Wildman–Crippen LogP) is 3.71. The third-order valence-electron chi connectivity index (χ3n) is 3.04.